The molecule has 19 heavy (non-hydrogen) atoms. The molecule has 4 nitrogen and oxygen atoms in total. The van der Waals surface area contributed by atoms with E-state index in [0.717, 1.165) is 27.5 Å². The molecule has 102 valence electrons. The van der Waals surface area contributed by atoms with E-state index in [4.69, 9.17) is 4.42 Å². The molecule has 0 amide bonds. The zero-order valence-corrected chi connectivity index (χ0v) is 14.0. The average Bonchev–Trinajstić information content (AvgIpc) is 2.88. The lowest BCUT2D eigenvalue weighted by Crippen LogP contribution is -2.19. The topological polar surface area (TPSA) is 51.0 Å². The molecule has 2 rings (SSSR count). The molecule has 0 aliphatic rings. The van der Waals surface area contributed by atoms with Gasteiger partial charge in [-0.05, 0) is 54.0 Å². The van der Waals surface area contributed by atoms with Crippen LogP contribution < -0.4 is 5.32 Å². The minimum absolute atomic E-state index is 0.0622. The van der Waals surface area contributed by atoms with Crippen molar-refractivity contribution in [3.63, 3.8) is 0 Å². The molecule has 0 radical (unpaired) electrons. The Bertz CT molecular complexity index is 557. The summed E-state index contributed by atoms with van der Waals surface area (Å²) in [5.41, 5.74) is 0.885. The molecule has 1 aromatic heterocycles. The number of rotatable bonds is 5. The summed E-state index contributed by atoms with van der Waals surface area (Å²) in [5, 5.41) is 11.5. The summed E-state index contributed by atoms with van der Waals surface area (Å²) in [4.78, 5) is 0. The van der Waals surface area contributed by atoms with Gasteiger partial charge in [0.2, 0.25) is 11.8 Å². The van der Waals surface area contributed by atoms with Gasteiger partial charge in [-0.1, -0.05) is 22.9 Å². The van der Waals surface area contributed by atoms with Crippen LogP contribution in [0.4, 0.5) is 0 Å². The second-order valence-electron chi connectivity index (χ2n) is 4.25. The van der Waals surface area contributed by atoms with Gasteiger partial charge in [0, 0.05) is 8.95 Å². The van der Waals surface area contributed by atoms with Crippen molar-refractivity contribution in [2.24, 2.45) is 0 Å². The number of aromatic nitrogens is 2. The molecule has 1 heterocycles. The molecule has 1 aromatic carbocycles. The van der Waals surface area contributed by atoms with Gasteiger partial charge in [-0.25, -0.2) is 0 Å². The van der Waals surface area contributed by atoms with E-state index in [1.54, 1.807) is 0 Å². The number of halogens is 2. The summed E-state index contributed by atoms with van der Waals surface area (Å²) < 4.78 is 7.63. The van der Waals surface area contributed by atoms with E-state index in [9.17, 15) is 0 Å². The van der Waals surface area contributed by atoms with E-state index in [1.807, 2.05) is 25.1 Å². The third kappa shape index (κ3) is 3.64. The Kier molecular flexibility index (Phi) is 5.13. The molecule has 1 N–H and O–H groups in total. The summed E-state index contributed by atoms with van der Waals surface area (Å²) >= 11 is 6.93. The molecule has 0 saturated heterocycles. The average molecular weight is 389 g/mol. The maximum atomic E-state index is 5.73. The highest BCUT2D eigenvalue weighted by molar-refractivity contribution is 9.11. The molecular formula is C13H15Br2N3O. The van der Waals surface area contributed by atoms with Gasteiger partial charge in [0.05, 0.1) is 11.6 Å². The van der Waals surface area contributed by atoms with Gasteiger partial charge in [-0.15, -0.1) is 10.2 Å². The van der Waals surface area contributed by atoms with Gasteiger partial charge in [0.25, 0.3) is 0 Å². The van der Waals surface area contributed by atoms with E-state index in [2.05, 4.69) is 54.3 Å². The lowest BCUT2D eigenvalue weighted by Gasteiger charge is -2.07. The highest BCUT2D eigenvalue weighted by Gasteiger charge is 2.16. The fourth-order valence-electron chi connectivity index (χ4n) is 1.63. The van der Waals surface area contributed by atoms with Gasteiger partial charge in [0.15, 0.2) is 0 Å². The lowest BCUT2D eigenvalue weighted by atomic mass is 10.2. The third-order valence-corrected chi connectivity index (χ3v) is 3.86. The highest BCUT2D eigenvalue weighted by Crippen LogP contribution is 2.30. The predicted molar refractivity (Wildman–Crippen MR) is 81.8 cm³/mol. The number of nitrogens with one attached hydrogen (secondary N) is 1. The van der Waals surface area contributed by atoms with Crippen LogP contribution >= 0.6 is 31.9 Å². The SMILES string of the molecule is CCCNC(C)c1nnc(-c2cc(Br)ccc2Br)o1. The Hall–Kier alpha value is -0.720. The first-order chi connectivity index (χ1) is 9.11. The van der Waals surface area contributed by atoms with Gasteiger partial charge in [-0.3, -0.25) is 0 Å². The molecule has 0 bridgehead atoms. The zero-order valence-electron chi connectivity index (χ0n) is 10.8. The maximum absolute atomic E-state index is 5.73. The maximum Gasteiger partial charge on any atom is 0.249 e. The summed E-state index contributed by atoms with van der Waals surface area (Å²) in [6.45, 7) is 5.07. The van der Waals surface area contributed by atoms with Crippen molar-refractivity contribution < 1.29 is 4.42 Å². The Labute approximate surface area is 129 Å². The molecule has 1 atom stereocenters. The van der Waals surface area contributed by atoms with E-state index in [1.165, 1.54) is 0 Å². The van der Waals surface area contributed by atoms with Gasteiger partial charge in [0.1, 0.15) is 0 Å². The Balaban J connectivity index is 2.23. The fraction of sp³-hybridized carbons (Fsp3) is 0.385. The summed E-state index contributed by atoms with van der Waals surface area (Å²) in [7, 11) is 0. The summed E-state index contributed by atoms with van der Waals surface area (Å²) in [6, 6.07) is 5.91. The lowest BCUT2D eigenvalue weighted by molar-refractivity contribution is 0.423. The number of hydrogen-bond acceptors (Lipinski definition) is 4. The van der Waals surface area contributed by atoms with Gasteiger partial charge in [-0.2, -0.15) is 0 Å². The van der Waals surface area contributed by atoms with Crippen molar-refractivity contribution in [3.05, 3.63) is 33.0 Å². The Morgan fingerprint density at radius 2 is 2.11 bits per heavy atom. The van der Waals surface area contributed by atoms with Crippen LogP contribution in [0.2, 0.25) is 0 Å². The van der Waals surface area contributed by atoms with Crippen molar-refractivity contribution >= 4 is 31.9 Å². The van der Waals surface area contributed by atoms with E-state index >= 15 is 0 Å². The summed E-state index contributed by atoms with van der Waals surface area (Å²) in [5.74, 6) is 1.13. The molecule has 2 aromatic rings. The van der Waals surface area contributed by atoms with Crippen LogP contribution in [-0.4, -0.2) is 16.7 Å². The van der Waals surface area contributed by atoms with Crippen LogP contribution in [0.15, 0.2) is 31.6 Å². The van der Waals surface area contributed by atoms with Crippen LogP contribution in [0.25, 0.3) is 11.5 Å². The first-order valence-electron chi connectivity index (χ1n) is 6.14. The van der Waals surface area contributed by atoms with Crippen LogP contribution in [-0.2, 0) is 0 Å². The van der Waals surface area contributed by atoms with Crippen LogP contribution in [0.3, 0.4) is 0 Å². The standard InChI is InChI=1S/C13H15Br2N3O/c1-3-6-16-8(2)12-17-18-13(19-12)10-7-9(14)4-5-11(10)15/h4-5,7-8,16H,3,6H2,1-2H3. The number of hydrogen-bond donors (Lipinski definition) is 1. The smallest absolute Gasteiger partial charge is 0.249 e. The van der Waals surface area contributed by atoms with Crippen molar-refractivity contribution in [1.29, 1.82) is 0 Å². The second kappa shape index (κ2) is 6.63. The molecule has 0 fully saturated rings. The van der Waals surface area contributed by atoms with Crippen molar-refractivity contribution in [2.75, 3.05) is 6.54 Å². The molecule has 0 spiro atoms. The van der Waals surface area contributed by atoms with Crippen molar-refractivity contribution in [3.8, 4) is 11.5 Å². The van der Waals surface area contributed by atoms with Gasteiger partial charge < -0.3 is 9.73 Å². The number of benzene rings is 1. The second-order valence-corrected chi connectivity index (χ2v) is 6.02. The monoisotopic (exact) mass is 387 g/mol. The van der Waals surface area contributed by atoms with Crippen molar-refractivity contribution in [2.45, 2.75) is 26.3 Å². The largest absolute Gasteiger partial charge is 0.419 e. The quantitative estimate of drug-likeness (QED) is 0.828. The van der Waals surface area contributed by atoms with Gasteiger partial charge >= 0.3 is 0 Å². The normalized spacial score (nSPS) is 12.6. The Morgan fingerprint density at radius 1 is 1.32 bits per heavy atom. The van der Waals surface area contributed by atoms with Crippen LogP contribution in [0.5, 0.6) is 0 Å². The van der Waals surface area contributed by atoms with E-state index in [0.29, 0.717) is 11.8 Å². The fourth-order valence-corrected chi connectivity index (χ4v) is 2.41. The zero-order chi connectivity index (χ0) is 13.8. The molecule has 6 heteroatoms. The molecule has 0 saturated carbocycles. The molecule has 0 aliphatic carbocycles. The van der Waals surface area contributed by atoms with Crippen LogP contribution in [0, 0.1) is 0 Å². The van der Waals surface area contributed by atoms with Crippen LogP contribution in [0.1, 0.15) is 32.2 Å². The molecule has 1 unspecified atom stereocenters. The van der Waals surface area contributed by atoms with Crippen molar-refractivity contribution in [1.82, 2.24) is 15.5 Å². The summed E-state index contributed by atoms with van der Waals surface area (Å²) in [6.07, 6.45) is 1.07. The molecular weight excluding hydrogens is 374 g/mol. The first-order valence-corrected chi connectivity index (χ1v) is 7.72. The molecule has 0 aliphatic heterocycles. The minimum atomic E-state index is 0.0622. The first kappa shape index (κ1) is 14.7. The Morgan fingerprint density at radius 3 is 2.84 bits per heavy atom. The van der Waals surface area contributed by atoms with E-state index in [-0.39, 0.29) is 6.04 Å². The number of nitrogens with zero attached hydrogens (tertiary/aromatic N) is 2. The van der Waals surface area contributed by atoms with E-state index < -0.39 is 0 Å². The third-order valence-electron chi connectivity index (χ3n) is 2.67. The minimum Gasteiger partial charge on any atom is -0.419 e. The highest BCUT2D eigenvalue weighted by atomic mass is 79.9. The predicted octanol–water partition coefficient (Wildman–Crippen LogP) is 4.32.